The van der Waals surface area contributed by atoms with E-state index < -0.39 is 7.14 Å². The Morgan fingerprint density at radius 1 is 1.11 bits per heavy atom. The molecule has 2 rings (SSSR count). The molecule has 0 fully saturated rings. The molecule has 4 nitrogen and oxygen atoms in total. The highest BCUT2D eigenvalue weighted by molar-refractivity contribution is 7.70. The molecule has 1 N–H and O–H groups in total. The zero-order valence-corrected chi connectivity index (χ0v) is 11.6. The molecule has 0 unspecified atom stereocenters. The number of hydrogen-bond donors (Lipinski definition) is 1. The molecular weight excluding hydrogens is 245 g/mol. The summed E-state index contributed by atoms with van der Waals surface area (Å²) in [4.78, 5) is 8.17. The van der Waals surface area contributed by atoms with E-state index in [0.717, 1.165) is 22.5 Å². The van der Waals surface area contributed by atoms with Crippen molar-refractivity contribution in [1.29, 1.82) is 0 Å². The zero-order chi connectivity index (χ0) is 13.2. The Hall–Kier alpha value is -1.67. The highest BCUT2D eigenvalue weighted by Crippen LogP contribution is 2.34. The maximum atomic E-state index is 11.9. The second-order valence-electron chi connectivity index (χ2n) is 4.57. The van der Waals surface area contributed by atoms with E-state index in [1.807, 2.05) is 37.3 Å². The van der Waals surface area contributed by atoms with E-state index in [-0.39, 0.29) is 0 Å². The first kappa shape index (κ1) is 12.8. The fourth-order valence-corrected chi connectivity index (χ4v) is 2.44. The van der Waals surface area contributed by atoms with Crippen molar-refractivity contribution in [3.63, 3.8) is 0 Å². The summed E-state index contributed by atoms with van der Waals surface area (Å²) in [6, 6.07) is 9.46. The van der Waals surface area contributed by atoms with Gasteiger partial charge >= 0.3 is 0 Å². The lowest BCUT2D eigenvalue weighted by Crippen LogP contribution is -2.03. The molecule has 1 aromatic carbocycles. The molecule has 0 aliphatic heterocycles. The Labute approximate surface area is 107 Å². The first-order chi connectivity index (χ1) is 8.45. The molecule has 94 valence electrons. The number of anilines is 2. The lowest BCUT2D eigenvalue weighted by atomic mass is 10.3. The minimum atomic E-state index is -2.18. The van der Waals surface area contributed by atoms with Crippen LogP contribution in [0.25, 0.3) is 0 Å². The van der Waals surface area contributed by atoms with Crippen molar-refractivity contribution in [1.82, 2.24) is 9.97 Å². The van der Waals surface area contributed by atoms with Crippen LogP contribution in [0.4, 0.5) is 11.5 Å². The SMILES string of the molecule is Cc1cc(Nc2ccc(P(C)(C)=O)cc2)ncn1. The molecule has 0 radical (unpaired) electrons. The Morgan fingerprint density at radius 3 is 2.33 bits per heavy atom. The van der Waals surface area contributed by atoms with Crippen LogP contribution >= 0.6 is 7.14 Å². The molecule has 1 aromatic heterocycles. The Kier molecular flexibility index (Phi) is 3.48. The summed E-state index contributed by atoms with van der Waals surface area (Å²) in [5.74, 6) is 0.756. The standard InChI is InChI=1S/C13H16N3OP/c1-10-8-13(15-9-14-10)16-11-4-6-12(7-5-11)18(2,3)17/h4-9H,1-3H3,(H,14,15,16). The lowest BCUT2D eigenvalue weighted by molar-refractivity contribution is 0.588. The monoisotopic (exact) mass is 261 g/mol. The van der Waals surface area contributed by atoms with E-state index in [1.165, 1.54) is 6.33 Å². The van der Waals surface area contributed by atoms with Gasteiger partial charge in [0.2, 0.25) is 0 Å². The number of rotatable bonds is 3. The lowest BCUT2D eigenvalue weighted by Gasteiger charge is -2.09. The molecule has 0 amide bonds. The summed E-state index contributed by atoms with van der Waals surface area (Å²) in [6.45, 7) is 5.45. The number of aromatic nitrogens is 2. The number of nitrogens with one attached hydrogen (secondary N) is 1. The molecule has 1 heterocycles. The molecule has 0 spiro atoms. The van der Waals surface area contributed by atoms with Crippen LogP contribution < -0.4 is 10.6 Å². The fraction of sp³-hybridized carbons (Fsp3) is 0.231. The maximum absolute atomic E-state index is 11.9. The summed E-state index contributed by atoms with van der Waals surface area (Å²) >= 11 is 0. The minimum absolute atomic E-state index is 0.756. The number of nitrogens with zero attached hydrogens (tertiary/aromatic N) is 2. The van der Waals surface area contributed by atoms with Crippen molar-refractivity contribution >= 4 is 24.0 Å². The van der Waals surface area contributed by atoms with Gasteiger partial charge in [-0.25, -0.2) is 9.97 Å². The summed E-state index contributed by atoms with van der Waals surface area (Å²) in [5.41, 5.74) is 1.83. The third kappa shape index (κ3) is 3.17. The van der Waals surface area contributed by atoms with Crippen LogP contribution in [-0.4, -0.2) is 23.3 Å². The van der Waals surface area contributed by atoms with Gasteiger partial charge in [0.15, 0.2) is 0 Å². The summed E-state index contributed by atoms with van der Waals surface area (Å²) in [7, 11) is -2.18. The number of hydrogen-bond acceptors (Lipinski definition) is 4. The molecule has 0 aliphatic rings. The van der Waals surface area contributed by atoms with Gasteiger partial charge in [0, 0.05) is 22.8 Å². The normalized spacial score (nSPS) is 11.3. The van der Waals surface area contributed by atoms with Crippen LogP contribution in [0.1, 0.15) is 5.69 Å². The van der Waals surface area contributed by atoms with Gasteiger partial charge in [0.25, 0.3) is 0 Å². The van der Waals surface area contributed by atoms with Gasteiger partial charge in [0.1, 0.15) is 19.3 Å². The minimum Gasteiger partial charge on any atom is -0.340 e. The van der Waals surface area contributed by atoms with Crippen LogP contribution in [0, 0.1) is 6.92 Å². The molecular formula is C13H16N3OP. The van der Waals surface area contributed by atoms with Gasteiger partial charge in [-0.1, -0.05) is 0 Å². The summed E-state index contributed by atoms with van der Waals surface area (Å²) in [6.07, 6.45) is 1.53. The number of benzene rings is 1. The largest absolute Gasteiger partial charge is 0.340 e. The van der Waals surface area contributed by atoms with Gasteiger partial charge in [-0.3, -0.25) is 0 Å². The van der Waals surface area contributed by atoms with E-state index >= 15 is 0 Å². The van der Waals surface area contributed by atoms with E-state index in [2.05, 4.69) is 15.3 Å². The van der Waals surface area contributed by atoms with Crippen LogP contribution in [0.2, 0.25) is 0 Å². The smallest absolute Gasteiger partial charge is 0.133 e. The molecule has 18 heavy (non-hydrogen) atoms. The molecule has 0 aliphatic carbocycles. The predicted octanol–water partition coefficient (Wildman–Crippen LogP) is 2.78. The van der Waals surface area contributed by atoms with Gasteiger partial charge < -0.3 is 9.88 Å². The fourth-order valence-electron chi connectivity index (χ4n) is 1.57. The zero-order valence-electron chi connectivity index (χ0n) is 10.7. The Morgan fingerprint density at radius 2 is 1.78 bits per heavy atom. The summed E-state index contributed by atoms with van der Waals surface area (Å²) < 4.78 is 11.9. The van der Waals surface area contributed by atoms with Gasteiger partial charge in [-0.2, -0.15) is 0 Å². The van der Waals surface area contributed by atoms with Crippen molar-refractivity contribution in [3.05, 3.63) is 42.4 Å². The topological polar surface area (TPSA) is 54.9 Å². The molecule has 5 heteroatoms. The quantitative estimate of drug-likeness (QED) is 0.863. The third-order valence-corrected chi connectivity index (χ3v) is 4.11. The van der Waals surface area contributed by atoms with Crippen LogP contribution in [0.3, 0.4) is 0 Å². The average molecular weight is 261 g/mol. The molecule has 0 saturated carbocycles. The van der Waals surface area contributed by atoms with Gasteiger partial charge in [-0.15, -0.1) is 0 Å². The number of aryl methyl sites for hydroxylation is 1. The highest BCUT2D eigenvalue weighted by atomic mass is 31.2. The Bertz CT molecular complexity index is 589. The maximum Gasteiger partial charge on any atom is 0.133 e. The highest BCUT2D eigenvalue weighted by Gasteiger charge is 2.10. The van der Waals surface area contributed by atoms with Crippen LogP contribution in [0.15, 0.2) is 36.7 Å². The third-order valence-electron chi connectivity index (χ3n) is 2.57. The molecule has 2 aromatic rings. The second-order valence-corrected chi connectivity index (χ2v) is 7.79. The van der Waals surface area contributed by atoms with Crippen molar-refractivity contribution < 1.29 is 4.57 Å². The van der Waals surface area contributed by atoms with Gasteiger partial charge in [-0.05, 0) is 44.5 Å². The van der Waals surface area contributed by atoms with E-state index in [1.54, 1.807) is 13.3 Å². The van der Waals surface area contributed by atoms with Crippen molar-refractivity contribution in [2.45, 2.75) is 6.92 Å². The van der Waals surface area contributed by atoms with E-state index in [4.69, 9.17) is 0 Å². The Balaban J connectivity index is 2.19. The molecule has 0 atom stereocenters. The van der Waals surface area contributed by atoms with E-state index in [0.29, 0.717) is 0 Å². The summed E-state index contributed by atoms with van der Waals surface area (Å²) in [5, 5.41) is 4.06. The second kappa shape index (κ2) is 4.91. The predicted molar refractivity (Wildman–Crippen MR) is 75.6 cm³/mol. The molecule has 0 saturated heterocycles. The average Bonchev–Trinajstić information content (AvgIpc) is 2.28. The van der Waals surface area contributed by atoms with Crippen LogP contribution in [0.5, 0.6) is 0 Å². The molecule has 0 bridgehead atoms. The first-order valence-electron chi connectivity index (χ1n) is 5.66. The first-order valence-corrected chi connectivity index (χ1v) is 8.26. The van der Waals surface area contributed by atoms with Crippen LogP contribution in [-0.2, 0) is 4.57 Å². The van der Waals surface area contributed by atoms with Gasteiger partial charge in [0.05, 0.1) is 0 Å². The van der Waals surface area contributed by atoms with Crippen molar-refractivity contribution in [3.8, 4) is 0 Å². The van der Waals surface area contributed by atoms with Crippen molar-refractivity contribution in [2.75, 3.05) is 18.6 Å². The van der Waals surface area contributed by atoms with E-state index in [9.17, 15) is 4.57 Å². The van der Waals surface area contributed by atoms with Crippen molar-refractivity contribution in [2.24, 2.45) is 0 Å².